The quantitative estimate of drug-likeness (QED) is 0.636. The van der Waals surface area contributed by atoms with Crippen LogP contribution in [0.25, 0.3) is 0 Å². The van der Waals surface area contributed by atoms with Crippen molar-refractivity contribution in [1.29, 1.82) is 0 Å². The molecule has 68 valence electrons. The van der Waals surface area contributed by atoms with Gasteiger partial charge in [-0.3, -0.25) is 4.90 Å². The van der Waals surface area contributed by atoms with Crippen molar-refractivity contribution in [3.05, 3.63) is 29.8 Å². The third-order valence-corrected chi connectivity index (χ3v) is 2.33. The monoisotopic (exact) mass is 176 g/mol. The molecule has 1 aliphatic heterocycles. The minimum absolute atomic E-state index is 0.0232. The summed E-state index contributed by atoms with van der Waals surface area (Å²) in [6.45, 7) is 0.722. The van der Waals surface area contributed by atoms with Gasteiger partial charge in [0.25, 0.3) is 0 Å². The third-order valence-electron chi connectivity index (χ3n) is 2.33. The molecule has 3 heteroatoms. The summed E-state index contributed by atoms with van der Waals surface area (Å²) in [5, 5.41) is 2.83. The lowest BCUT2D eigenvalue weighted by Gasteiger charge is -2.16. The van der Waals surface area contributed by atoms with Crippen LogP contribution in [0.2, 0.25) is 0 Å². The number of nitrogens with zero attached hydrogens (tertiary/aromatic N) is 1. The normalized spacial score (nSPS) is 16.1. The summed E-state index contributed by atoms with van der Waals surface area (Å²) < 4.78 is 0. The fourth-order valence-electron chi connectivity index (χ4n) is 1.58. The number of hydrogen-bond acceptors (Lipinski definition) is 1. The highest BCUT2D eigenvalue weighted by atomic mass is 16.2. The molecule has 1 heterocycles. The van der Waals surface area contributed by atoms with Gasteiger partial charge in [0.2, 0.25) is 0 Å². The van der Waals surface area contributed by atoms with E-state index >= 15 is 0 Å². The Morgan fingerprint density at radius 2 is 2.15 bits per heavy atom. The smallest absolute Gasteiger partial charge is 0.321 e. The molecule has 0 spiro atoms. The van der Waals surface area contributed by atoms with Gasteiger partial charge in [0.05, 0.1) is 0 Å². The molecule has 0 radical (unpaired) electrons. The molecule has 2 rings (SSSR count). The van der Waals surface area contributed by atoms with Crippen LogP contribution in [0.5, 0.6) is 0 Å². The number of urea groups is 1. The van der Waals surface area contributed by atoms with E-state index < -0.39 is 0 Å². The van der Waals surface area contributed by atoms with Gasteiger partial charge in [-0.15, -0.1) is 0 Å². The summed E-state index contributed by atoms with van der Waals surface area (Å²) in [6, 6.07) is 7.97. The third kappa shape index (κ3) is 1.37. The molecule has 1 aromatic carbocycles. The number of carbonyl (C=O) groups is 1. The molecule has 0 aromatic heterocycles. The Morgan fingerprint density at radius 1 is 1.38 bits per heavy atom. The SMILES string of the molecule is CN1C(=O)NCCc2ccccc21. The molecule has 2 amide bonds. The Kier molecular flexibility index (Phi) is 1.93. The van der Waals surface area contributed by atoms with Crippen molar-refractivity contribution in [3.8, 4) is 0 Å². The molecule has 0 fully saturated rings. The lowest BCUT2D eigenvalue weighted by Crippen LogP contribution is -2.35. The van der Waals surface area contributed by atoms with E-state index in [1.54, 1.807) is 11.9 Å². The first-order valence-electron chi connectivity index (χ1n) is 4.38. The van der Waals surface area contributed by atoms with Crippen molar-refractivity contribution in [2.45, 2.75) is 6.42 Å². The van der Waals surface area contributed by atoms with Crippen LogP contribution in [0.4, 0.5) is 10.5 Å². The number of hydrogen-bond donors (Lipinski definition) is 1. The van der Waals surface area contributed by atoms with E-state index in [9.17, 15) is 4.79 Å². The Hall–Kier alpha value is -1.51. The first-order valence-corrected chi connectivity index (χ1v) is 4.38. The van der Waals surface area contributed by atoms with Gasteiger partial charge in [-0.25, -0.2) is 4.79 Å². The van der Waals surface area contributed by atoms with Gasteiger partial charge in [0, 0.05) is 19.3 Å². The number of amides is 2. The summed E-state index contributed by atoms with van der Waals surface area (Å²) in [7, 11) is 1.79. The van der Waals surface area contributed by atoms with Crippen LogP contribution in [-0.2, 0) is 6.42 Å². The number of nitrogens with one attached hydrogen (secondary N) is 1. The molecule has 1 N–H and O–H groups in total. The molecule has 0 atom stereocenters. The second kappa shape index (κ2) is 3.09. The maximum atomic E-state index is 11.4. The summed E-state index contributed by atoms with van der Waals surface area (Å²) in [5.74, 6) is 0. The van der Waals surface area contributed by atoms with E-state index in [0.29, 0.717) is 0 Å². The molecule has 1 aromatic rings. The lowest BCUT2D eigenvalue weighted by molar-refractivity contribution is 0.248. The molecule has 0 aliphatic carbocycles. The maximum absolute atomic E-state index is 11.4. The Morgan fingerprint density at radius 3 is 3.00 bits per heavy atom. The van der Waals surface area contributed by atoms with E-state index in [4.69, 9.17) is 0 Å². The number of rotatable bonds is 0. The van der Waals surface area contributed by atoms with Gasteiger partial charge in [0.1, 0.15) is 0 Å². The van der Waals surface area contributed by atoms with Crippen molar-refractivity contribution in [3.63, 3.8) is 0 Å². The standard InChI is InChI=1S/C10H12N2O/c1-12-9-5-3-2-4-8(9)6-7-11-10(12)13/h2-5H,6-7H2,1H3,(H,11,13). The summed E-state index contributed by atoms with van der Waals surface area (Å²) in [5.41, 5.74) is 2.24. The number of benzene rings is 1. The molecule has 0 saturated heterocycles. The highest BCUT2D eigenvalue weighted by Gasteiger charge is 2.16. The van der Waals surface area contributed by atoms with E-state index in [1.165, 1.54) is 5.56 Å². The zero-order valence-electron chi connectivity index (χ0n) is 7.58. The topological polar surface area (TPSA) is 32.3 Å². The van der Waals surface area contributed by atoms with Gasteiger partial charge < -0.3 is 5.32 Å². The number of anilines is 1. The minimum Gasteiger partial charge on any atom is -0.337 e. The molecule has 0 saturated carbocycles. The molecule has 3 nitrogen and oxygen atoms in total. The van der Waals surface area contributed by atoms with Gasteiger partial charge in [-0.1, -0.05) is 18.2 Å². The number of fused-ring (bicyclic) bond motifs is 1. The van der Waals surface area contributed by atoms with E-state index in [2.05, 4.69) is 11.4 Å². The zero-order valence-corrected chi connectivity index (χ0v) is 7.58. The number of carbonyl (C=O) groups excluding carboxylic acids is 1. The van der Waals surface area contributed by atoms with Crippen molar-refractivity contribution in [1.82, 2.24) is 5.32 Å². The van der Waals surface area contributed by atoms with Gasteiger partial charge in [-0.2, -0.15) is 0 Å². The molecule has 13 heavy (non-hydrogen) atoms. The van der Waals surface area contributed by atoms with Crippen molar-refractivity contribution in [2.24, 2.45) is 0 Å². The average molecular weight is 176 g/mol. The van der Waals surface area contributed by atoms with Gasteiger partial charge in [0.15, 0.2) is 0 Å². The average Bonchev–Trinajstić information content (AvgIpc) is 2.29. The summed E-state index contributed by atoms with van der Waals surface area (Å²) in [4.78, 5) is 13.0. The molecule has 0 bridgehead atoms. The van der Waals surface area contributed by atoms with Crippen LogP contribution in [0.1, 0.15) is 5.56 Å². The summed E-state index contributed by atoms with van der Waals surface area (Å²) in [6.07, 6.45) is 0.909. The molecule has 0 unspecified atom stereocenters. The first kappa shape index (κ1) is 8.10. The van der Waals surface area contributed by atoms with Crippen LogP contribution in [0, 0.1) is 0 Å². The Labute approximate surface area is 77.4 Å². The Bertz CT molecular complexity index is 335. The highest BCUT2D eigenvalue weighted by Crippen LogP contribution is 2.21. The highest BCUT2D eigenvalue weighted by molar-refractivity contribution is 5.92. The van der Waals surface area contributed by atoms with Gasteiger partial charge in [-0.05, 0) is 18.1 Å². The Balaban J connectivity index is 2.46. The minimum atomic E-state index is -0.0232. The second-order valence-electron chi connectivity index (χ2n) is 3.17. The fourth-order valence-corrected chi connectivity index (χ4v) is 1.58. The van der Waals surface area contributed by atoms with Crippen molar-refractivity contribution < 1.29 is 4.79 Å². The van der Waals surface area contributed by atoms with Crippen LogP contribution >= 0.6 is 0 Å². The van der Waals surface area contributed by atoms with E-state index in [0.717, 1.165) is 18.7 Å². The zero-order chi connectivity index (χ0) is 9.26. The van der Waals surface area contributed by atoms with Crippen LogP contribution in [0.15, 0.2) is 24.3 Å². The van der Waals surface area contributed by atoms with Crippen LogP contribution in [-0.4, -0.2) is 19.6 Å². The number of para-hydroxylation sites is 1. The predicted octanol–water partition coefficient (Wildman–Crippen LogP) is 1.39. The lowest BCUT2D eigenvalue weighted by atomic mass is 10.1. The van der Waals surface area contributed by atoms with Gasteiger partial charge >= 0.3 is 6.03 Å². The molecule has 1 aliphatic rings. The van der Waals surface area contributed by atoms with Crippen molar-refractivity contribution in [2.75, 3.05) is 18.5 Å². The predicted molar refractivity (Wildman–Crippen MR) is 51.9 cm³/mol. The van der Waals surface area contributed by atoms with Crippen molar-refractivity contribution >= 4 is 11.7 Å². The maximum Gasteiger partial charge on any atom is 0.321 e. The van der Waals surface area contributed by atoms with E-state index in [1.807, 2.05) is 18.2 Å². The van der Waals surface area contributed by atoms with E-state index in [-0.39, 0.29) is 6.03 Å². The van der Waals surface area contributed by atoms with Crippen LogP contribution < -0.4 is 10.2 Å². The second-order valence-corrected chi connectivity index (χ2v) is 3.17. The largest absolute Gasteiger partial charge is 0.337 e. The summed E-state index contributed by atoms with van der Waals surface area (Å²) >= 11 is 0. The first-order chi connectivity index (χ1) is 6.29. The molecular formula is C10H12N2O. The van der Waals surface area contributed by atoms with Crippen LogP contribution in [0.3, 0.4) is 0 Å². The molecular weight excluding hydrogens is 164 g/mol. The fraction of sp³-hybridized carbons (Fsp3) is 0.300.